The van der Waals surface area contributed by atoms with Gasteiger partial charge in [-0.05, 0) is 31.4 Å². The second kappa shape index (κ2) is 3.74. The van der Waals surface area contributed by atoms with Crippen molar-refractivity contribution in [3.63, 3.8) is 0 Å². The molecule has 1 saturated carbocycles. The first-order chi connectivity index (χ1) is 8.21. The Kier molecular flexibility index (Phi) is 2.33. The number of nitrogens with zero attached hydrogens (tertiary/aromatic N) is 1. The highest BCUT2D eigenvalue weighted by atomic mass is 16.5. The molecule has 2 aliphatic rings. The number of hydrogen-bond acceptors (Lipinski definition) is 3. The van der Waals surface area contributed by atoms with Gasteiger partial charge in [-0.3, -0.25) is 4.79 Å². The maximum Gasteiger partial charge on any atom is 0.247 e. The van der Waals surface area contributed by atoms with Crippen LogP contribution in [-0.2, 0) is 4.79 Å². The normalized spacial score (nSPS) is 21.1. The predicted octanol–water partition coefficient (Wildman–Crippen LogP) is 1.29. The molecule has 0 atom stereocenters. The van der Waals surface area contributed by atoms with Gasteiger partial charge < -0.3 is 15.4 Å². The van der Waals surface area contributed by atoms with Crippen molar-refractivity contribution < 1.29 is 9.53 Å². The monoisotopic (exact) mass is 232 g/mol. The van der Waals surface area contributed by atoms with Gasteiger partial charge in [-0.25, -0.2) is 0 Å². The largest absolute Gasteiger partial charge is 0.490 e. The highest BCUT2D eigenvalue weighted by Crippen LogP contribution is 2.36. The van der Waals surface area contributed by atoms with Crippen LogP contribution in [0.2, 0.25) is 0 Å². The Balaban J connectivity index is 1.92. The van der Waals surface area contributed by atoms with Crippen LogP contribution in [0.5, 0.6) is 5.75 Å². The first-order valence-electron chi connectivity index (χ1n) is 6.03. The van der Waals surface area contributed by atoms with Crippen molar-refractivity contribution in [2.45, 2.75) is 24.8 Å². The van der Waals surface area contributed by atoms with Gasteiger partial charge in [0, 0.05) is 0 Å². The molecular formula is C13H16N2O2. The second-order valence-electron chi connectivity index (χ2n) is 4.78. The zero-order chi connectivity index (χ0) is 11.9. The van der Waals surface area contributed by atoms with E-state index in [2.05, 4.69) is 0 Å². The summed E-state index contributed by atoms with van der Waals surface area (Å²) >= 11 is 0. The SMILES string of the molecule is NC1(C(=O)N2CCOc3ccccc32)CCC1. The third-order valence-corrected chi connectivity index (χ3v) is 3.65. The highest BCUT2D eigenvalue weighted by Gasteiger charge is 2.44. The van der Waals surface area contributed by atoms with Gasteiger partial charge in [0.2, 0.25) is 5.91 Å². The van der Waals surface area contributed by atoms with Crippen LogP contribution in [0.3, 0.4) is 0 Å². The van der Waals surface area contributed by atoms with Crippen LogP contribution in [0.15, 0.2) is 24.3 Å². The Hall–Kier alpha value is -1.55. The first kappa shape index (κ1) is 10.6. The third kappa shape index (κ3) is 1.60. The third-order valence-electron chi connectivity index (χ3n) is 3.65. The molecule has 90 valence electrons. The number of carbonyl (C=O) groups is 1. The highest BCUT2D eigenvalue weighted by molar-refractivity contribution is 6.02. The van der Waals surface area contributed by atoms with E-state index in [0.29, 0.717) is 13.2 Å². The lowest BCUT2D eigenvalue weighted by molar-refractivity contribution is -0.126. The van der Waals surface area contributed by atoms with Crippen molar-refractivity contribution >= 4 is 11.6 Å². The number of amides is 1. The van der Waals surface area contributed by atoms with E-state index in [1.54, 1.807) is 4.90 Å². The Labute approximate surface area is 100 Å². The van der Waals surface area contributed by atoms with Gasteiger partial charge >= 0.3 is 0 Å². The predicted molar refractivity (Wildman–Crippen MR) is 65.1 cm³/mol. The van der Waals surface area contributed by atoms with Crippen LogP contribution in [0.25, 0.3) is 0 Å². The van der Waals surface area contributed by atoms with Crippen LogP contribution >= 0.6 is 0 Å². The molecular weight excluding hydrogens is 216 g/mol. The fraction of sp³-hybridized carbons (Fsp3) is 0.462. The molecule has 1 aromatic rings. The molecule has 0 unspecified atom stereocenters. The number of hydrogen-bond donors (Lipinski definition) is 1. The number of para-hydroxylation sites is 2. The van der Waals surface area contributed by atoms with Crippen molar-refractivity contribution in [2.24, 2.45) is 5.73 Å². The van der Waals surface area contributed by atoms with E-state index in [1.807, 2.05) is 24.3 Å². The number of rotatable bonds is 1. The second-order valence-corrected chi connectivity index (χ2v) is 4.78. The topological polar surface area (TPSA) is 55.6 Å². The molecule has 1 aliphatic carbocycles. The summed E-state index contributed by atoms with van der Waals surface area (Å²) in [5.74, 6) is 0.814. The Morgan fingerprint density at radius 2 is 2.12 bits per heavy atom. The molecule has 17 heavy (non-hydrogen) atoms. The van der Waals surface area contributed by atoms with Gasteiger partial charge in [0.25, 0.3) is 0 Å². The summed E-state index contributed by atoms with van der Waals surface area (Å²) in [5, 5.41) is 0. The molecule has 1 fully saturated rings. The molecule has 0 aromatic heterocycles. The number of benzene rings is 1. The van der Waals surface area contributed by atoms with Crippen LogP contribution in [0.1, 0.15) is 19.3 Å². The Morgan fingerprint density at radius 3 is 2.82 bits per heavy atom. The molecule has 1 amide bonds. The average Bonchev–Trinajstić information content (AvgIpc) is 2.34. The molecule has 2 N–H and O–H groups in total. The number of fused-ring (bicyclic) bond motifs is 1. The molecule has 4 nitrogen and oxygen atoms in total. The van der Waals surface area contributed by atoms with Crippen molar-refractivity contribution in [3.8, 4) is 5.75 Å². The summed E-state index contributed by atoms with van der Waals surface area (Å²) in [4.78, 5) is 14.2. The lowest BCUT2D eigenvalue weighted by Gasteiger charge is -2.41. The van der Waals surface area contributed by atoms with E-state index in [9.17, 15) is 4.79 Å². The lowest BCUT2D eigenvalue weighted by Crippen LogP contribution is -2.60. The van der Waals surface area contributed by atoms with Crippen molar-refractivity contribution in [3.05, 3.63) is 24.3 Å². The molecule has 0 saturated heterocycles. The summed E-state index contributed by atoms with van der Waals surface area (Å²) < 4.78 is 5.53. The van der Waals surface area contributed by atoms with Gasteiger partial charge in [0.15, 0.2) is 0 Å². The van der Waals surface area contributed by atoms with Gasteiger partial charge in [0.1, 0.15) is 12.4 Å². The van der Waals surface area contributed by atoms with Crippen LogP contribution in [0, 0.1) is 0 Å². The number of nitrogens with two attached hydrogens (primary N) is 1. The minimum absolute atomic E-state index is 0.0412. The Bertz CT molecular complexity index is 454. The first-order valence-corrected chi connectivity index (χ1v) is 6.03. The minimum Gasteiger partial charge on any atom is -0.490 e. The Morgan fingerprint density at radius 1 is 1.35 bits per heavy atom. The molecule has 1 aromatic carbocycles. The zero-order valence-corrected chi connectivity index (χ0v) is 9.69. The molecule has 1 heterocycles. The molecule has 4 heteroatoms. The standard InChI is InChI=1S/C13H16N2O2/c14-13(6-3-7-13)12(16)15-8-9-17-11-5-2-1-4-10(11)15/h1-2,4-5H,3,6-9,14H2. The van der Waals surface area contributed by atoms with Gasteiger partial charge in [-0.2, -0.15) is 0 Å². The summed E-state index contributed by atoms with van der Waals surface area (Å²) in [6.45, 7) is 1.13. The van der Waals surface area contributed by atoms with Crippen LogP contribution in [0.4, 0.5) is 5.69 Å². The molecule has 3 rings (SSSR count). The van der Waals surface area contributed by atoms with Gasteiger partial charge in [-0.1, -0.05) is 12.1 Å². The van der Waals surface area contributed by atoms with Gasteiger partial charge in [0.05, 0.1) is 17.8 Å². The van der Waals surface area contributed by atoms with E-state index in [1.165, 1.54) is 0 Å². The minimum atomic E-state index is -0.634. The van der Waals surface area contributed by atoms with E-state index >= 15 is 0 Å². The summed E-state index contributed by atoms with van der Waals surface area (Å²) in [6, 6.07) is 7.62. The van der Waals surface area contributed by atoms with Crippen molar-refractivity contribution in [1.29, 1.82) is 0 Å². The number of anilines is 1. The smallest absolute Gasteiger partial charge is 0.247 e. The van der Waals surface area contributed by atoms with Crippen LogP contribution < -0.4 is 15.4 Å². The quantitative estimate of drug-likeness (QED) is 0.794. The van der Waals surface area contributed by atoms with E-state index in [4.69, 9.17) is 10.5 Å². The summed E-state index contributed by atoms with van der Waals surface area (Å²) in [7, 11) is 0. The maximum absolute atomic E-state index is 12.4. The summed E-state index contributed by atoms with van der Waals surface area (Å²) in [6.07, 6.45) is 2.64. The fourth-order valence-electron chi connectivity index (χ4n) is 2.42. The van der Waals surface area contributed by atoms with E-state index in [0.717, 1.165) is 30.7 Å². The van der Waals surface area contributed by atoms with E-state index < -0.39 is 5.54 Å². The van der Waals surface area contributed by atoms with E-state index in [-0.39, 0.29) is 5.91 Å². The van der Waals surface area contributed by atoms with Crippen molar-refractivity contribution in [1.82, 2.24) is 0 Å². The van der Waals surface area contributed by atoms with Gasteiger partial charge in [-0.15, -0.1) is 0 Å². The zero-order valence-electron chi connectivity index (χ0n) is 9.69. The molecule has 0 spiro atoms. The maximum atomic E-state index is 12.4. The number of carbonyl (C=O) groups excluding carboxylic acids is 1. The summed E-state index contributed by atoms with van der Waals surface area (Å²) in [5.41, 5.74) is 6.32. The lowest BCUT2D eigenvalue weighted by atomic mass is 9.76. The average molecular weight is 232 g/mol. The molecule has 0 bridgehead atoms. The molecule has 1 aliphatic heterocycles. The number of ether oxygens (including phenoxy) is 1. The van der Waals surface area contributed by atoms with Crippen molar-refractivity contribution in [2.75, 3.05) is 18.1 Å². The molecule has 0 radical (unpaired) electrons. The fourth-order valence-corrected chi connectivity index (χ4v) is 2.42. The van der Waals surface area contributed by atoms with Crippen LogP contribution in [-0.4, -0.2) is 24.6 Å².